The topological polar surface area (TPSA) is 60.6 Å². The lowest BCUT2D eigenvalue weighted by molar-refractivity contribution is -0.274. The molecular weight excluding hydrogens is 418 g/mol. The molecule has 3 aromatic carbocycles. The summed E-state index contributed by atoms with van der Waals surface area (Å²) in [5.41, 5.74) is 1.18. The Kier molecular flexibility index (Phi) is 5.18. The summed E-state index contributed by atoms with van der Waals surface area (Å²) >= 11 is 0. The van der Waals surface area contributed by atoms with Crippen LogP contribution in [-0.2, 0) is 6.61 Å². The van der Waals surface area contributed by atoms with E-state index in [9.17, 15) is 22.4 Å². The van der Waals surface area contributed by atoms with Crippen LogP contribution in [0.2, 0.25) is 0 Å². The SMILES string of the molecule is COc1cc2[nH]c3cc(OCc4ccc(OC(F)(F)F)cc4)ccc3c(=O)c2cc1F. The van der Waals surface area contributed by atoms with E-state index < -0.39 is 12.2 Å². The lowest BCUT2D eigenvalue weighted by Gasteiger charge is -2.11. The molecule has 0 radical (unpaired) electrons. The van der Waals surface area contributed by atoms with Gasteiger partial charge in [0.1, 0.15) is 18.1 Å². The fourth-order valence-corrected chi connectivity index (χ4v) is 3.16. The second kappa shape index (κ2) is 7.82. The van der Waals surface area contributed by atoms with Gasteiger partial charge in [0.15, 0.2) is 17.0 Å². The Bertz CT molecular complexity index is 1310. The number of H-pyrrole nitrogens is 1. The zero-order valence-electron chi connectivity index (χ0n) is 16.0. The van der Waals surface area contributed by atoms with Gasteiger partial charge in [-0.3, -0.25) is 4.79 Å². The molecule has 0 spiro atoms. The molecule has 31 heavy (non-hydrogen) atoms. The molecule has 0 aliphatic heterocycles. The van der Waals surface area contributed by atoms with E-state index in [1.54, 1.807) is 18.2 Å². The molecule has 1 heterocycles. The van der Waals surface area contributed by atoms with Gasteiger partial charge in [-0.2, -0.15) is 0 Å². The minimum Gasteiger partial charge on any atom is -0.494 e. The second-order valence-electron chi connectivity index (χ2n) is 6.67. The van der Waals surface area contributed by atoms with E-state index in [0.29, 0.717) is 27.7 Å². The van der Waals surface area contributed by atoms with Crippen molar-refractivity contribution in [2.45, 2.75) is 13.0 Å². The van der Waals surface area contributed by atoms with Crippen molar-refractivity contribution in [1.29, 1.82) is 0 Å². The lowest BCUT2D eigenvalue weighted by Crippen LogP contribution is -2.17. The number of hydrogen-bond donors (Lipinski definition) is 1. The molecule has 9 heteroatoms. The van der Waals surface area contributed by atoms with E-state index in [1.807, 2.05) is 0 Å². The third kappa shape index (κ3) is 4.40. The van der Waals surface area contributed by atoms with Crippen molar-refractivity contribution >= 4 is 21.8 Å². The van der Waals surface area contributed by atoms with Crippen LogP contribution in [0.1, 0.15) is 5.56 Å². The van der Waals surface area contributed by atoms with Crippen molar-refractivity contribution in [2.75, 3.05) is 7.11 Å². The summed E-state index contributed by atoms with van der Waals surface area (Å²) in [4.78, 5) is 15.8. The predicted molar refractivity (Wildman–Crippen MR) is 106 cm³/mol. The summed E-state index contributed by atoms with van der Waals surface area (Å²) < 4.78 is 65.1. The number of aromatic nitrogens is 1. The number of fused-ring (bicyclic) bond motifs is 2. The summed E-state index contributed by atoms with van der Waals surface area (Å²) in [6.07, 6.45) is -4.75. The first kappa shape index (κ1) is 20.5. The quantitative estimate of drug-likeness (QED) is 0.343. The first-order valence-corrected chi connectivity index (χ1v) is 9.04. The predicted octanol–water partition coefficient (Wildman–Crippen LogP) is 5.31. The fourth-order valence-electron chi connectivity index (χ4n) is 3.16. The molecule has 0 unspecified atom stereocenters. The largest absolute Gasteiger partial charge is 0.573 e. The van der Waals surface area contributed by atoms with Gasteiger partial charge in [-0.25, -0.2) is 4.39 Å². The van der Waals surface area contributed by atoms with Crippen molar-refractivity contribution in [3.63, 3.8) is 0 Å². The Hall–Kier alpha value is -3.75. The number of halogens is 4. The molecule has 4 rings (SSSR count). The third-order valence-corrected chi connectivity index (χ3v) is 4.60. The van der Waals surface area contributed by atoms with Crippen LogP contribution in [0.15, 0.2) is 59.4 Å². The highest BCUT2D eigenvalue weighted by Gasteiger charge is 2.30. The molecule has 1 aromatic heterocycles. The second-order valence-corrected chi connectivity index (χ2v) is 6.67. The van der Waals surface area contributed by atoms with Gasteiger partial charge in [0.25, 0.3) is 0 Å². The highest BCUT2D eigenvalue weighted by molar-refractivity contribution is 5.93. The number of aromatic amines is 1. The number of ether oxygens (including phenoxy) is 3. The van der Waals surface area contributed by atoms with Crippen molar-refractivity contribution in [3.8, 4) is 17.2 Å². The summed E-state index contributed by atoms with van der Waals surface area (Å²) in [7, 11) is 1.33. The minimum atomic E-state index is -4.75. The highest BCUT2D eigenvalue weighted by Crippen LogP contribution is 2.26. The molecule has 0 saturated heterocycles. The van der Waals surface area contributed by atoms with Gasteiger partial charge in [0.05, 0.1) is 18.1 Å². The number of alkyl halides is 3. The van der Waals surface area contributed by atoms with Crippen LogP contribution in [0.25, 0.3) is 21.8 Å². The molecule has 0 bridgehead atoms. The molecule has 0 saturated carbocycles. The van der Waals surface area contributed by atoms with Crippen LogP contribution in [0.5, 0.6) is 17.2 Å². The number of rotatable bonds is 5. The van der Waals surface area contributed by atoms with Crippen molar-refractivity contribution in [3.05, 3.63) is 76.2 Å². The van der Waals surface area contributed by atoms with Crippen LogP contribution in [-0.4, -0.2) is 18.5 Å². The number of methoxy groups -OCH3 is 1. The van der Waals surface area contributed by atoms with Gasteiger partial charge in [-0.05, 0) is 35.9 Å². The van der Waals surface area contributed by atoms with E-state index in [4.69, 9.17) is 9.47 Å². The van der Waals surface area contributed by atoms with Gasteiger partial charge < -0.3 is 19.2 Å². The van der Waals surface area contributed by atoms with Gasteiger partial charge in [-0.15, -0.1) is 13.2 Å². The maximum atomic E-state index is 14.0. The van der Waals surface area contributed by atoms with Crippen LogP contribution in [0.4, 0.5) is 17.6 Å². The Labute approximate surface area is 172 Å². The normalized spacial score (nSPS) is 11.6. The fraction of sp³-hybridized carbons (Fsp3) is 0.136. The molecule has 0 aliphatic rings. The van der Waals surface area contributed by atoms with Crippen molar-refractivity contribution in [1.82, 2.24) is 4.98 Å². The first-order valence-electron chi connectivity index (χ1n) is 9.04. The molecule has 160 valence electrons. The van der Waals surface area contributed by atoms with Crippen LogP contribution in [0, 0.1) is 5.82 Å². The van der Waals surface area contributed by atoms with Crippen LogP contribution >= 0.6 is 0 Å². The summed E-state index contributed by atoms with van der Waals surface area (Å²) in [6, 6.07) is 12.6. The maximum Gasteiger partial charge on any atom is 0.573 e. The van der Waals surface area contributed by atoms with Gasteiger partial charge in [0.2, 0.25) is 0 Å². The molecular formula is C22H15F4NO4. The number of benzene rings is 3. The Balaban J connectivity index is 1.58. The molecule has 0 fully saturated rings. The third-order valence-electron chi connectivity index (χ3n) is 4.60. The Morgan fingerprint density at radius 3 is 2.26 bits per heavy atom. The van der Waals surface area contributed by atoms with E-state index in [0.717, 1.165) is 6.07 Å². The molecule has 0 atom stereocenters. The Morgan fingerprint density at radius 1 is 0.903 bits per heavy atom. The van der Waals surface area contributed by atoms with Gasteiger partial charge in [0, 0.05) is 22.9 Å². The van der Waals surface area contributed by atoms with E-state index in [2.05, 4.69) is 9.72 Å². The molecule has 1 N–H and O–H groups in total. The van der Waals surface area contributed by atoms with Gasteiger partial charge in [-0.1, -0.05) is 12.1 Å². The molecule has 5 nitrogen and oxygen atoms in total. The molecule has 0 aliphatic carbocycles. The minimum absolute atomic E-state index is 0.00727. The smallest absolute Gasteiger partial charge is 0.494 e. The summed E-state index contributed by atoms with van der Waals surface area (Å²) in [6.45, 7) is 0.0919. The average molecular weight is 433 g/mol. The van der Waals surface area contributed by atoms with Crippen LogP contribution < -0.4 is 19.6 Å². The first-order chi connectivity index (χ1) is 14.7. The molecule has 4 aromatic rings. The lowest BCUT2D eigenvalue weighted by atomic mass is 10.1. The summed E-state index contributed by atoms with van der Waals surface area (Å²) in [5, 5.41) is 0.554. The number of nitrogens with one attached hydrogen (secondary N) is 1. The zero-order valence-corrected chi connectivity index (χ0v) is 16.0. The standard InChI is InChI=1S/C22H15F4NO4/c1-29-20-10-19-16(9-17(20)23)21(28)15-7-6-14(8-18(15)27-19)30-11-12-2-4-13(5-3-12)31-22(24,25)26/h2-10H,11H2,1H3,(H,27,28). The van der Waals surface area contributed by atoms with Crippen molar-refractivity contribution < 1.29 is 31.8 Å². The maximum absolute atomic E-state index is 14.0. The van der Waals surface area contributed by atoms with Gasteiger partial charge >= 0.3 is 6.36 Å². The highest BCUT2D eigenvalue weighted by atomic mass is 19.4. The average Bonchev–Trinajstić information content (AvgIpc) is 2.72. The zero-order chi connectivity index (χ0) is 22.2. The van der Waals surface area contributed by atoms with E-state index >= 15 is 0 Å². The van der Waals surface area contributed by atoms with Crippen molar-refractivity contribution in [2.24, 2.45) is 0 Å². The Morgan fingerprint density at radius 2 is 1.58 bits per heavy atom. The van der Waals surface area contributed by atoms with E-state index in [-0.39, 0.29) is 28.9 Å². The number of hydrogen-bond acceptors (Lipinski definition) is 4. The van der Waals surface area contributed by atoms with Crippen LogP contribution in [0.3, 0.4) is 0 Å². The monoisotopic (exact) mass is 433 g/mol. The number of pyridine rings is 1. The van der Waals surface area contributed by atoms with E-state index in [1.165, 1.54) is 37.4 Å². The summed E-state index contributed by atoms with van der Waals surface area (Å²) in [5.74, 6) is -0.509. The molecule has 0 amide bonds.